The zero-order valence-corrected chi connectivity index (χ0v) is 9.22. The summed E-state index contributed by atoms with van der Waals surface area (Å²) in [5.41, 5.74) is 0. The molecule has 2 atom stereocenters. The van der Waals surface area contributed by atoms with E-state index in [1.807, 2.05) is 14.0 Å². The molecular formula is C9H21NOS. The van der Waals surface area contributed by atoms with Crippen LogP contribution in [-0.2, 0) is 0 Å². The molecule has 2 nitrogen and oxygen atoms in total. The van der Waals surface area contributed by atoms with Crippen molar-refractivity contribution < 1.29 is 5.11 Å². The van der Waals surface area contributed by atoms with Gasteiger partial charge in [-0.1, -0.05) is 13.3 Å². The van der Waals surface area contributed by atoms with E-state index in [2.05, 4.69) is 24.5 Å². The van der Waals surface area contributed by atoms with E-state index in [1.165, 1.54) is 0 Å². The first-order valence-corrected chi connectivity index (χ1v) is 5.20. The van der Waals surface area contributed by atoms with Crippen LogP contribution in [-0.4, -0.2) is 42.0 Å². The molecule has 0 bridgehead atoms. The van der Waals surface area contributed by atoms with E-state index < -0.39 is 0 Å². The molecule has 0 aromatic carbocycles. The quantitative estimate of drug-likeness (QED) is 0.617. The largest absolute Gasteiger partial charge is 0.395 e. The third-order valence-corrected chi connectivity index (χ3v) is 2.91. The standard InChI is InChI=1S/C9H21NOS/c1-4-9(7-12)5-10(3)8(2)6-11/h8-9,11-12H,4-7H2,1-3H3. The van der Waals surface area contributed by atoms with Crippen molar-refractivity contribution in [2.45, 2.75) is 26.3 Å². The Hall–Kier alpha value is 0.270. The van der Waals surface area contributed by atoms with Crippen molar-refractivity contribution in [3.05, 3.63) is 0 Å². The van der Waals surface area contributed by atoms with Gasteiger partial charge in [-0.05, 0) is 25.6 Å². The predicted octanol–water partition coefficient (Wildman–Crippen LogP) is 1.25. The summed E-state index contributed by atoms with van der Waals surface area (Å²) in [4.78, 5) is 2.18. The average Bonchev–Trinajstić information content (AvgIpc) is 2.12. The summed E-state index contributed by atoms with van der Waals surface area (Å²) in [6.45, 7) is 5.48. The van der Waals surface area contributed by atoms with Crippen molar-refractivity contribution in [1.29, 1.82) is 0 Å². The molecular weight excluding hydrogens is 170 g/mol. The minimum atomic E-state index is 0.236. The minimum absolute atomic E-state index is 0.236. The average molecular weight is 191 g/mol. The molecule has 0 aromatic rings. The first-order valence-electron chi connectivity index (χ1n) is 4.57. The number of hydrogen-bond acceptors (Lipinski definition) is 3. The number of rotatable bonds is 6. The van der Waals surface area contributed by atoms with Crippen LogP contribution in [0.15, 0.2) is 0 Å². The van der Waals surface area contributed by atoms with E-state index in [4.69, 9.17) is 5.11 Å². The Morgan fingerprint density at radius 3 is 2.42 bits per heavy atom. The van der Waals surface area contributed by atoms with Gasteiger partial charge in [0.1, 0.15) is 0 Å². The Morgan fingerprint density at radius 1 is 1.50 bits per heavy atom. The lowest BCUT2D eigenvalue weighted by atomic mass is 10.1. The smallest absolute Gasteiger partial charge is 0.0584 e. The van der Waals surface area contributed by atoms with Crippen LogP contribution in [0.1, 0.15) is 20.3 Å². The summed E-state index contributed by atoms with van der Waals surface area (Å²) in [6, 6.07) is 0.263. The van der Waals surface area contributed by atoms with Gasteiger partial charge < -0.3 is 10.0 Å². The summed E-state index contributed by atoms with van der Waals surface area (Å²) < 4.78 is 0. The molecule has 0 aliphatic heterocycles. The Morgan fingerprint density at radius 2 is 2.08 bits per heavy atom. The first kappa shape index (κ1) is 12.3. The van der Waals surface area contributed by atoms with E-state index in [9.17, 15) is 0 Å². The van der Waals surface area contributed by atoms with Crippen molar-refractivity contribution in [3.63, 3.8) is 0 Å². The van der Waals surface area contributed by atoms with Gasteiger partial charge in [0.25, 0.3) is 0 Å². The van der Waals surface area contributed by atoms with Crippen LogP contribution in [0.4, 0.5) is 0 Å². The number of hydrogen-bond donors (Lipinski definition) is 2. The van der Waals surface area contributed by atoms with Gasteiger partial charge in [0.2, 0.25) is 0 Å². The number of nitrogens with zero attached hydrogens (tertiary/aromatic N) is 1. The van der Waals surface area contributed by atoms with Gasteiger partial charge in [0, 0.05) is 12.6 Å². The van der Waals surface area contributed by atoms with Crippen molar-refractivity contribution in [2.24, 2.45) is 5.92 Å². The van der Waals surface area contributed by atoms with Gasteiger partial charge in [0.15, 0.2) is 0 Å². The maximum Gasteiger partial charge on any atom is 0.0584 e. The zero-order chi connectivity index (χ0) is 9.56. The van der Waals surface area contributed by atoms with Gasteiger partial charge in [-0.15, -0.1) is 0 Å². The molecule has 0 saturated carbocycles. The van der Waals surface area contributed by atoms with Gasteiger partial charge in [-0.2, -0.15) is 12.6 Å². The third-order valence-electron chi connectivity index (χ3n) is 2.40. The van der Waals surface area contributed by atoms with E-state index in [1.54, 1.807) is 0 Å². The molecule has 0 spiro atoms. The van der Waals surface area contributed by atoms with E-state index >= 15 is 0 Å². The molecule has 1 N–H and O–H groups in total. The van der Waals surface area contributed by atoms with Crippen molar-refractivity contribution in [3.8, 4) is 0 Å². The molecule has 0 rings (SSSR count). The fraction of sp³-hybridized carbons (Fsp3) is 1.00. The maximum atomic E-state index is 8.90. The summed E-state index contributed by atoms with van der Waals surface area (Å²) in [6.07, 6.45) is 1.16. The molecule has 12 heavy (non-hydrogen) atoms. The third kappa shape index (κ3) is 4.33. The van der Waals surface area contributed by atoms with Crippen LogP contribution in [0, 0.1) is 5.92 Å². The molecule has 0 radical (unpaired) electrons. The van der Waals surface area contributed by atoms with Crippen molar-refractivity contribution in [1.82, 2.24) is 4.90 Å². The summed E-state index contributed by atoms with van der Waals surface area (Å²) in [5, 5.41) is 8.90. The lowest BCUT2D eigenvalue weighted by Gasteiger charge is -2.26. The second-order valence-electron chi connectivity index (χ2n) is 3.43. The van der Waals surface area contributed by atoms with E-state index in [0.717, 1.165) is 18.7 Å². The molecule has 2 unspecified atom stereocenters. The van der Waals surface area contributed by atoms with Crippen LogP contribution in [0.3, 0.4) is 0 Å². The first-order chi connectivity index (χ1) is 5.65. The van der Waals surface area contributed by atoms with Crippen molar-refractivity contribution in [2.75, 3.05) is 26.0 Å². The Kier molecular flexibility index (Phi) is 6.90. The second-order valence-corrected chi connectivity index (χ2v) is 3.79. The minimum Gasteiger partial charge on any atom is -0.395 e. The molecule has 0 aromatic heterocycles. The Balaban J connectivity index is 3.72. The van der Waals surface area contributed by atoms with Crippen LogP contribution < -0.4 is 0 Å². The number of thiol groups is 1. The highest BCUT2D eigenvalue weighted by Gasteiger charge is 2.12. The highest BCUT2D eigenvalue weighted by atomic mass is 32.1. The lowest BCUT2D eigenvalue weighted by molar-refractivity contribution is 0.145. The zero-order valence-electron chi connectivity index (χ0n) is 8.32. The van der Waals surface area contributed by atoms with Crippen LogP contribution >= 0.6 is 12.6 Å². The van der Waals surface area contributed by atoms with Crippen LogP contribution in [0.2, 0.25) is 0 Å². The molecule has 0 aliphatic carbocycles. The molecule has 0 aliphatic rings. The Bertz CT molecular complexity index is 107. The maximum absolute atomic E-state index is 8.90. The fourth-order valence-corrected chi connectivity index (χ4v) is 1.42. The summed E-state index contributed by atoms with van der Waals surface area (Å²) in [7, 11) is 2.05. The molecule has 74 valence electrons. The number of aliphatic hydroxyl groups is 1. The SMILES string of the molecule is CCC(CS)CN(C)C(C)CO. The topological polar surface area (TPSA) is 23.5 Å². The molecule has 0 saturated heterocycles. The van der Waals surface area contributed by atoms with Gasteiger partial charge in [-0.25, -0.2) is 0 Å². The monoisotopic (exact) mass is 191 g/mol. The van der Waals surface area contributed by atoms with Crippen molar-refractivity contribution >= 4 is 12.6 Å². The normalized spacial score (nSPS) is 16.5. The summed E-state index contributed by atoms with van der Waals surface area (Å²) in [5.74, 6) is 1.58. The molecule has 0 fully saturated rings. The highest BCUT2D eigenvalue weighted by molar-refractivity contribution is 7.80. The fourth-order valence-electron chi connectivity index (χ4n) is 1.04. The molecule has 0 heterocycles. The second kappa shape index (κ2) is 6.75. The number of likely N-dealkylation sites (N-methyl/N-ethyl adjacent to an activating group) is 1. The highest BCUT2D eigenvalue weighted by Crippen LogP contribution is 2.08. The van der Waals surface area contributed by atoms with Gasteiger partial charge in [0.05, 0.1) is 6.61 Å². The van der Waals surface area contributed by atoms with E-state index in [-0.39, 0.29) is 12.6 Å². The Labute approximate surface area is 81.4 Å². The van der Waals surface area contributed by atoms with Gasteiger partial charge >= 0.3 is 0 Å². The van der Waals surface area contributed by atoms with Crippen LogP contribution in [0.5, 0.6) is 0 Å². The predicted molar refractivity (Wildman–Crippen MR) is 56.8 cm³/mol. The van der Waals surface area contributed by atoms with Crippen LogP contribution in [0.25, 0.3) is 0 Å². The molecule has 0 amide bonds. The molecule has 3 heteroatoms. The van der Waals surface area contributed by atoms with Gasteiger partial charge in [-0.3, -0.25) is 0 Å². The summed E-state index contributed by atoms with van der Waals surface area (Å²) >= 11 is 4.28. The van der Waals surface area contributed by atoms with E-state index in [0.29, 0.717) is 5.92 Å². The lowest BCUT2D eigenvalue weighted by Crippen LogP contribution is -2.36. The number of aliphatic hydroxyl groups excluding tert-OH is 1.